The van der Waals surface area contributed by atoms with Crippen molar-refractivity contribution in [2.45, 2.75) is 13.2 Å². The quantitative estimate of drug-likeness (QED) is 0.197. The van der Waals surface area contributed by atoms with E-state index in [4.69, 9.17) is 30.5 Å². The van der Waals surface area contributed by atoms with Crippen molar-refractivity contribution < 1.29 is 28.8 Å². The lowest BCUT2D eigenvalue weighted by Gasteiger charge is -2.15. The number of carbonyl (C=O) groups excluding carboxylic acids is 1. The summed E-state index contributed by atoms with van der Waals surface area (Å²) in [5, 5.41) is 11.0. The fourth-order valence-corrected chi connectivity index (χ4v) is 4.03. The maximum Gasteiger partial charge on any atom is 0.231 e. The normalized spacial score (nSPS) is 12.3. The largest absolute Gasteiger partial charge is 0.507 e. The fourth-order valence-electron chi connectivity index (χ4n) is 3.81. The monoisotopic (exact) mass is 514 g/mol. The van der Waals surface area contributed by atoms with Crippen molar-refractivity contribution in [2.75, 3.05) is 6.79 Å². The third kappa shape index (κ3) is 5.88. The Morgan fingerprint density at radius 2 is 1.49 bits per heavy atom. The molecule has 0 radical (unpaired) electrons. The highest BCUT2D eigenvalue weighted by atomic mass is 35.5. The first-order valence-electron chi connectivity index (χ1n) is 11.6. The van der Waals surface area contributed by atoms with E-state index in [2.05, 4.69) is 0 Å². The van der Waals surface area contributed by atoms with E-state index in [1.165, 1.54) is 12.1 Å². The molecular formula is C30H23ClO6. The molecule has 0 saturated carbocycles. The van der Waals surface area contributed by atoms with Gasteiger partial charge in [-0.1, -0.05) is 72.3 Å². The van der Waals surface area contributed by atoms with Crippen LogP contribution in [0.3, 0.4) is 0 Å². The van der Waals surface area contributed by atoms with Crippen LogP contribution in [0, 0.1) is 0 Å². The van der Waals surface area contributed by atoms with Crippen LogP contribution in [0.15, 0.2) is 97.1 Å². The van der Waals surface area contributed by atoms with Crippen molar-refractivity contribution in [3.8, 4) is 28.7 Å². The molecule has 4 aromatic rings. The molecule has 37 heavy (non-hydrogen) atoms. The lowest BCUT2D eigenvalue weighted by atomic mass is 10.1. The Hall–Kier alpha value is -4.42. The summed E-state index contributed by atoms with van der Waals surface area (Å²) >= 11 is 6.48. The number of allylic oxidation sites excluding steroid dienone is 1. The molecule has 1 N–H and O–H groups in total. The minimum atomic E-state index is -0.516. The van der Waals surface area contributed by atoms with Crippen LogP contribution >= 0.6 is 11.6 Å². The molecule has 1 heterocycles. The summed E-state index contributed by atoms with van der Waals surface area (Å²) in [7, 11) is 0. The van der Waals surface area contributed by atoms with E-state index >= 15 is 0 Å². The standard InChI is InChI=1S/C30H23ClO6/c31-24(22-11-12-27-28(13-22)37-19-36-27)16-26(33)30-25(32)14-23(34-17-20-7-3-1-4-8-20)15-29(30)35-18-21-9-5-2-6-10-21/h1-16,32H,17-19H2/b24-16-. The van der Waals surface area contributed by atoms with Crippen molar-refractivity contribution in [3.05, 3.63) is 119 Å². The number of ketones is 1. The molecule has 0 amide bonds. The Bertz CT molecular complexity index is 1430. The predicted molar refractivity (Wildman–Crippen MR) is 140 cm³/mol. The highest BCUT2D eigenvalue weighted by Crippen LogP contribution is 2.38. The topological polar surface area (TPSA) is 74.2 Å². The Morgan fingerprint density at radius 1 is 0.838 bits per heavy atom. The number of phenols is 1. The minimum absolute atomic E-state index is 0.0121. The number of carbonyl (C=O) groups is 1. The molecule has 0 saturated heterocycles. The molecule has 6 nitrogen and oxygen atoms in total. The van der Waals surface area contributed by atoms with Crippen molar-refractivity contribution in [3.63, 3.8) is 0 Å². The Kier molecular flexibility index (Phi) is 7.28. The van der Waals surface area contributed by atoms with Gasteiger partial charge in [0.1, 0.15) is 36.0 Å². The number of benzene rings is 4. The van der Waals surface area contributed by atoms with E-state index in [1.54, 1.807) is 24.3 Å². The number of ether oxygens (including phenoxy) is 4. The van der Waals surface area contributed by atoms with Gasteiger partial charge in [-0.15, -0.1) is 0 Å². The van der Waals surface area contributed by atoms with Gasteiger partial charge >= 0.3 is 0 Å². The van der Waals surface area contributed by atoms with Crippen LogP contribution in [0.5, 0.6) is 28.7 Å². The maximum atomic E-state index is 13.3. The van der Waals surface area contributed by atoms with Crippen LogP contribution in [-0.2, 0) is 13.2 Å². The van der Waals surface area contributed by atoms with Crippen LogP contribution < -0.4 is 18.9 Å². The molecule has 186 valence electrons. The fraction of sp³-hybridized carbons (Fsp3) is 0.100. The summed E-state index contributed by atoms with van der Waals surface area (Å²) < 4.78 is 22.6. The molecule has 4 aromatic carbocycles. The summed E-state index contributed by atoms with van der Waals surface area (Å²) in [5.74, 6) is 0.920. The van der Waals surface area contributed by atoms with Crippen LogP contribution in [0.2, 0.25) is 0 Å². The number of fused-ring (bicyclic) bond motifs is 1. The van der Waals surface area contributed by atoms with Gasteiger partial charge in [-0.05, 0) is 34.9 Å². The van der Waals surface area contributed by atoms with Gasteiger partial charge in [0.2, 0.25) is 6.79 Å². The first kappa shape index (κ1) is 24.3. The van der Waals surface area contributed by atoms with Crippen molar-refractivity contribution in [1.29, 1.82) is 0 Å². The van der Waals surface area contributed by atoms with Crippen LogP contribution in [0.4, 0.5) is 0 Å². The second kappa shape index (κ2) is 11.1. The van der Waals surface area contributed by atoms with Crippen molar-refractivity contribution >= 4 is 22.4 Å². The molecular weight excluding hydrogens is 492 g/mol. The summed E-state index contributed by atoms with van der Waals surface area (Å²) in [4.78, 5) is 13.3. The zero-order valence-corrected chi connectivity index (χ0v) is 20.5. The molecule has 1 aliphatic heterocycles. The number of rotatable bonds is 9. The van der Waals surface area contributed by atoms with E-state index in [-0.39, 0.29) is 35.5 Å². The first-order chi connectivity index (χ1) is 18.1. The lowest BCUT2D eigenvalue weighted by molar-refractivity contribution is 0.104. The van der Waals surface area contributed by atoms with Gasteiger partial charge in [-0.2, -0.15) is 0 Å². The first-order valence-corrected chi connectivity index (χ1v) is 12.0. The van der Waals surface area contributed by atoms with Gasteiger partial charge in [0, 0.05) is 18.2 Å². The minimum Gasteiger partial charge on any atom is -0.507 e. The molecule has 5 rings (SSSR count). The van der Waals surface area contributed by atoms with E-state index in [0.717, 1.165) is 11.1 Å². The summed E-state index contributed by atoms with van der Waals surface area (Å²) in [6, 6.07) is 27.3. The molecule has 0 spiro atoms. The van der Waals surface area contributed by atoms with E-state index in [0.29, 0.717) is 29.4 Å². The molecule has 0 aliphatic carbocycles. The molecule has 0 bridgehead atoms. The van der Waals surface area contributed by atoms with E-state index in [1.807, 2.05) is 60.7 Å². The Labute approximate surface area is 219 Å². The second-order valence-corrected chi connectivity index (χ2v) is 8.70. The van der Waals surface area contributed by atoms with Crippen LogP contribution in [0.25, 0.3) is 5.03 Å². The molecule has 0 unspecified atom stereocenters. The molecule has 0 aromatic heterocycles. The maximum absolute atomic E-state index is 13.3. The molecule has 7 heteroatoms. The van der Waals surface area contributed by atoms with Gasteiger partial charge in [0.15, 0.2) is 17.3 Å². The van der Waals surface area contributed by atoms with E-state index < -0.39 is 5.78 Å². The summed E-state index contributed by atoms with van der Waals surface area (Å²) in [6.07, 6.45) is 1.24. The number of aromatic hydroxyl groups is 1. The van der Waals surface area contributed by atoms with Gasteiger partial charge < -0.3 is 24.1 Å². The average Bonchev–Trinajstić information content (AvgIpc) is 3.40. The number of hydrogen-bond donors (Lipinski definition) is 1. The smallest absolute Gasteiger partial charge is 0.231 e. The third-order valence-corrected chi connectivity index (χ3v) is 6.02. The molecule has 0 fully saturated rings. The highest BCUT2D eigenvalue weighted by Gasteiger charge is 2.21. The van der Waals surface area contributed by atoms with Gasteiger partial charge in [0.05, 0.1) is 5.03 Å². The Balaban J connectivity index is 1.43. The predicted octanol–water partition coefficient (Wildman–Crippen LogP) is 6.74. The molecule has 1 aliphatic rings. The second-order valence-electron chi connectivity index (χ2n) is 8.29. The number of hydrogen-bond acceptors (Lipinski definition) is 6. The zero-order chi connectivity index (χ0) is 25.6. The molecule has 0 atom stereocenters. The van der Waals surface area contributed by atoms with Crippen LogP contribution in [0.1, 0.15) is 27.0 Å². The van der Waals surface area contributed by atoms with Crippen molar-refractivity contribution in [1.82, 2.24) is 0 Å². The van der Waals surface area contributed by atoms with Crippen molar-refractivity contribution in [2.24, 2.45) is 0 Å². The summed E-state index contributed by atoms with van der Waals surface area (Å²) in [6.45, 7) is 0.623. The van der Waals surface area contributed by atoms with E-state index in [9.17, 15) is 9.90 Å². The number of halogens is 1. The average molecular weight is 515 g/mol. The van der Waals surface area contributed by atoms with Gasteiger partial charge in [-0.25, -0.2) is 0 Å². The Morgan fingerprint density at radius 3 is 2.19 bits per heavy atom. The third-order valence-electron chi connectivity index (χ3n) is 5.69. The highest BCUT2D eigenvalue weighted by molar-refractivity contribution is 6.50. The van der Waals surface area contributed by atoms with Gasteiger partial charge in [0.25, 0.3) is 0 Å². The van der Waals surface area contributed by atoms with Crippen LogP contribution in [-0.4, -0.2) is 17.7 Å². The summed E-state index contributed by atoms with van der Waals surface area (Å²) in [5.41, 5.74) is 2.44. The number of phenolic OH excluding ortho intramolecular Hbond substituents is 1. The zero-order valence-electron chi connectivity index (χ0n) is 19.7. The van der Waals surface area contributed by atoms with Gasteiger partial charge in [-0.3, -0.25) is 4.79 Å². The lowest BCUT2D eigenvalue weighted by Crippen LogP contribution is -2.05. The SMILES string of the molecule is O=C(/C=C(\Cl)c1ccc2c(c1)OCO2)c1c(O)cc(OCc2ccccc2)cc1OCc1ccccc1.